The number of fused-ring (bicyclic) bond motifs is 1. The van der Waals surface area contributed by atoms with E-state index in [1.54, 1.807) is 18.3 Å². The van der Waals surface area contributed by atoms with Crippen molar-refractivity contribution in [1.29, 1.82) is 0 Å². The monoisotopic (exact) mass is 522 g/mol. The van der Waals surface area contributed by atoms with Gasteiger partial charge in [0.2, 0.25) is 5.88 Å². The quantitative estimate of drug-likeness (QED) is 0.325. The zero-order valence-corrected chi connectivity index (χ0v) is 22.0. The summed E-state index contributed by atoms with van der Waals surface area (Å²) < 4.78 is 11.9. The summed E-state index contributed by atoms with van der Waals surface area (Å²) in [6.45, 7) is 12.0. The Labute approximate surface area is 221 Å². The van der Waals surface area contributed by atoms with E-state index in [0.29, 0.717) is 51.9 Å². The van der Waals surface area contributed by atoms with Crippen LogP contribution in [0.15, 0.2) is 42.9 Å². The smallest absolute Gasteiger partial charge is 0.246 e. The first kappa shape index (κ1) is 25.2. The van der Waals surface area contributed by atoms with E-state index in [1.165, 1.54) is 6.33 Å². The molecule has 37 heavy (non-hydrogen) atoms. The molecular formula is C26H31ClN8O2. The largest absolute Gasteiger partial charge is 0.475 e. The first-order valence-corrected chi connectivity index (χ1v) is 12.8. The maximum Gasteiger partial charge on any atom is 0.246 e. The van der Waals surface area contributed by atoms with Crippen molar-refractivity contribution in [2.24, 2.45) is 0 Å². The fourth-order valence-corrected chi connectivity index (χ4v) is 4.47. The fraction of sp³-hybridized carbons (Fsp3) is 0.385. The zero-order chi connectivity index (χ0) is 25.8. The molecule has 0 radical (unpaired) electrons. The van der Waals surface area contributed by atoms with E-state index in [-0.39, 0.29) is 0 Å². The highest BCUT2D eigenvalue weighted by Gasteiger charge is 2.19. The Morgan fingerprint density at radius 1 is 1.08 bits per heavy atom. The lowest BCUT2D eigenvalue weighted by Gasteiger charge is -2.36. The van der Waals surface area contributed by atoms with Gasteiger partial charge in [0.05, 0.1) is 11.2 Å². The van der Waals surface area contributed by atoms with Gasteiger partial charge in [0.25, 0.3) is 0 Å². The Kier molecular flexibility index (Phi) is 7.68. The molecule has 0 saturated carbocycles. The number of rotatable bonds is 9. The van der Waals surface area contributed by atoms with Gasteiger partial charge in [-0.05, 0) is 51.1 Å². The van der Waals surface area contributed by atoms with Crippen LogP contribution >= 0.6 is 11.6 Å². The fourth-order valence-electron chi connectivity index (χ4n) is 4.25. The molecule has 1 fully saturated rings. The SMILES string of the molecule is Cc1ccc(Oc2ccc(Nc3ncnc4[nH]nc(OCCN5CCN(C(C)C)CC5)c34)cc2Cl)cn1. The van der Waals surface area contributed by atoms with Crippen molar-refractivity contribution in [3.05, 3.63) is 53.6 Å². The highest BCUT2D eigenvalue weighted by molar-refractivity contribution is 6.32. The van der Waals surface area contributed by atoms with Crippen LogP contribution in [0.1, 0.15) is 19.5 Å². The number of halogens is 1. The number of aromatic nitrogens is 5. The van der Waals surface area contributed by atoms with Crippen molar-refractivity contribution in [2.75, 3.05) is 44.6 Å². The summed E-state index contributed by atoms with van der Waals surface area (Å²) in [5.41, 5.74) is 2.26. The normalized spacial score (nSPS) is 14.8. The van der Waals surface area contributed by atoms with E-state index in [2.05, 4.69) is 54.1 Å². The average molecular weight is 523 g/mol. The standard InChI is InChI=1S/C26H31ClN8O2/c1-17(2)35-10-8-34(9-11-35)12-13-36-26-23-24(29-16-30-25(23)32-33-26)31-19-5-7-22(21(27)14-19)37-20-6-4-18(3)28-15-20/h4-7,14-17H,8-13H2,1-3H3,(H2,29,30,31,32,33). The summed E-state index contributed by atoms with van der Waals surface area (Å²) in [6.07, 6.45) is 3.14. The molecule has 4 heterocycles. The van der Waals surface area contributed by atoms with Crippen LogP contribution in [0.25, 0.3) is 11.0 Å². The Hall–Kier alpha value is -3.47. The van der Waals surface area contributed by atoms with Gasteiger partial charge in [-0.1, -0.05) is 11.6 Å². The molecule has 11 heteroatoms. The maximum atomic E-state index is 6.50. The van der Waals surface area contributed by atoms with E-state index in [1.807, 2.05) is 25.1 Å². The first-order valence-electron chi connectivity index (χ1n) is 12.4. The number of aryl methyl sites for hydroxylation is 1. The highest BCUT2D eigenvalue weighted by Crippen LogP contribution is 2.34. The van der Waals surface area contributed by atoms with E-state index >= 15 is 0 Å². The molecule has 2 N–H and O–H groups in total. The second-order valence-electron chi connectivity index (χ2n) is 9.30. The Balaban J connectivity index is 1.24. The minimum Gasteiger partial charge on any atom is -0.475 e. The van der Waals surface area contributed by atoms with Crippen molar-refractivity contribution in [2.45, 2.75) is 26.8 Å². The van der Waals surface area contributed by atoms with Crippen LogP contribution in [0.5, 0.6) is 17.4 Å². The number of piperazine rings is 1. The van der Waals surface area contributed by atoms with Crippen LogP contribution in [0, 0.1) is 6.92 Å². The van der Waals surface area contributed by atoms with Gasteiger partial charge in [0.1, 0.15) is 35.6 Å². The minimum atomic E-state index is 0.456. The van der Waals surface area contributed by atoms with Crippen molar-refractivity contribution in [3.63, 3.8) is 0 Å². The predicted octanol–water partition coefficient (Wildman–Crippen LogP) is 4.65. The third kappa shape index (κ3) is 6.10. The van der Waals surface area contributed by atoms with Crippen molar-refractivity contribution >= 4 is 34.1 Å². The molecule has 1 aliphatic heterocycles. The number of nitrogens with zero attached hydrogens (tertiary/aromatic N) is 6. The van der Waals surface area contributed by atoms with Crippen LogP contribution in [-0.4, -0.2) is 80.3 Å². The van der Waals surface area contributed by atoms with E-state index in [0.717, 1.165) is 44.1 Å². The summed E-state index contributed by atoms with van der Waals surface area (Å²) in [5, 5.41) is 11.7. The number of hydrogen-bond acceptors (Lipinski definition) is 9. The minimum absolute atomic E-state index is 0.456. The molecule has 1 saturated heterocycles. The lowest BCUT2D eigenvalue weighted by atomic mass is 10.2. The average Bonchev–Trinajstić information content (AvgIpc) is 3.31. The number of nitrogens with one attached hydrogen (secondary N) is 2. The van der Waals surface area contributed by atoms with Crippen LogP contribution < -0.4 is 14.8 Å². The zero-order valence-electron chi connectivity index (χ0n) is 21.2. The second-order valence-corrected chi connectivity index (χ2v) is 9.71. The van der Waals surface area contributed by atoms with E-state index < -0.39 is 0 Å². The van der Waals surface area contributed by atoms with Crippen molar-refractivity contribution < 1.29 is 9.47 Å². The van der Waals surface area contributed by atoms with Crippen LogP contribution in [-0.2, 0) is 0 Å². The Morgan fingerprint density at radius 3 is 2.65 bits per heavy atom. The maximum absolute atomic E-state index is 6.50. The van der Waals surface area contributed by atoms with Crippen molar-refractivity contribution in [1.82, 2.24) is 34.9 Å². The lowest BCUT2D eigenvalue weighted by Crippen LogP contribution is -2.49. The number of hydrogen-bond donors (Lipinski definition) is 2. The Bertz CT molecular complexity index is 1340. The van der Waals surface area contributed by atoms with Gasteiger partial charge >= 0.3 is 0 Å². The summed E-state index contributed by atoms with van der Waals surface area (Å²) in [6, 6.07) is 9.78. The topological polar surface area (TPSA) is 104 Å². The molecule has 10 nitrogen and oxygen atoms in total. The first-order chi connectivity index (χ1) is 18.0. The van der Waals surface area contributed by atoms with Gasteiger partial charge in [0.15, 0.2) is 5.65 Å². The van der Waals surface area contributed by atoms with Gasteiger partial charge in [-0.25, -0.2) is 9.97 Å². The molecule has 0 aliphatic carbocycles. The predicted molar refractivity (Wildman–Crippen MR) is 144 cm³/mol. The summed E-state index contributed by atoms with van der Waals surface area (Å²) >= 11 is 6.50. The molecule has 3 aromatic heterocycles. The van der Waals surface area contributed by atoms with Crippen LogP contribution in [0.3, 0.4) is 0 Å². The summed E-state index contributed by atoms with van der Waals surface area (Å²) in [7, 11) is 0. The molecule has 5 rings (SSSR count). The number of aromatic amines is 1. The van der Waals surface area contributed by atoms with Crippen LogP contribution in [0.2, 0.25) is 5.02 Å². The molecule has 0 bridgehead atoms. The molecule has 0 amide bonds. The lowest BCUT2D eigenvalue weighted by molar-refractivity contribution is 0.0967. The van der Waals surface area contributed by atoms with Gasteiger partial charge in [0, 0.05) is 50.1 Å². The number of pyridine rings is 1. The molecule has 0 atom stereocenters. The van der Waals surface area contributed by atoms with E-state index in [9.17, 15) is 0 Å². The molecule has 1 aliphatic rings. The van der Waals surface area contributed by atoms with Gasteiger partial charge < -0.3 is 14.8 Å². The van der Waals surface area contributed by atoms with E-state index in [4.69, 9.17) is 21.1 Å². The molecule has 4 aromatic rings. The summed E-state index contributed by atoms with van der Waals surface area (Å²) in [4.78, 5) is 17.9. The molecule has 194 valence electrons. The Morgan fingerprint density at radius 2 is 1.92 bits per heavy atom. The van der Waals surface area contributed by atoms with Crippen LogP contribution in [0.4, 0.5) is 11.5 Å². The number of benzene rings is 1. The number of ether oxygens (including phenoxy) is 2. The van der Waals surface area contributed by atoms with Gasteiger partial charge in [-0.3, -0.25) is 19.9 Å². The molecule has 0 unspecified atom stereocenters. The second kappa shape index (κ2) is 11.3. The molecule has 0 spiro atoms. The van der Waals surface area contributed by atoms with Gasteiger partial charge in [-0.15, -0.1) is 5.10 Å². The van der Waals surface area contributed by atoms with Crippen molar-refractivity contribution in [3.8, 4) is 17.4 Å². The highest BCUT2D eigenvalue weighted by atomic mass is 35.5. The molecule has 1 aromatic carbocycles. The third-order valence-corrected chi connectivity index (χ3v) is 6.71. The summed E-state index contributed by atoms with van der Waals surface area (Å²) in [5.74, 6) is 2.20. The third-order valence-electron chi connectivity index (χ3n) is 6.41. The molecular weight excluding hydrogens is 492 g/mol. The number of H-pyrrole nitrogens is 1. The van der Waals surface area contributed by atoms with Gasteiger partial charge in [-0.2, -0.15) is 0 Å². The number of anilines is 2.